The average Bonchev–Trinajstić information content (AvgIpc) is 4.11. The molecule has 2 aromatic carbocycles. The fraction of sp³-hybridized carbons (Fsp3) is 0.481. The van der Waals surface area contributed by atoms with Gasteiger partial charge in [0.1, 0.15) is 24.2 Å². The number of halogens is 2. The van der Waals surface area contributed by atoms with Crippen LogP contribution in [-0.2, 0) is 4.74 Å². The summed E-state index contributed by atoms with van der Waals surface area (Å²) in [4.78, 5) is 4.67. The van der Waals surface area contributed by atoms with Crippen LogP contribution < -0.4 is 20.1 Å². The number of pyridine rings is 1. The highest BCUT2D eigenvalue weighted by Crippen LogP contribution is 2.44. The van der Waals surface area contributed by atoms with Gasteiger partial charge in [-0.2, -0.15) is 10.2 Å². The molecule has 11 rings (SSSR count). The van der Waals surface area contributed by atoms with Crippen molar-refractivity contribution in [2.45, 2.75) is 146 Å². The fourth-order valence-electron chi connectivity index (χ4n) is 11.3. The van der Waals surface area contributed by atoms with Crippen LogP contribution in [0.15, 0.2) is 91.6 Å². The topological polar surface area (TPSA) is 157 Å². The van der Waals surface area contributed by atoms with Gasteiger partial charge in [0, 0.05) is 107 Å². The fourth-order valence-corrected chi connectivity index (χ4v) is 11.3. The van der Waals surface area contributed by atoms with E-state index in [1.807, 2.05) is 47.4 Å². The summed E-state index contributed by atoms with van der Waals surface area (Å²) in [5.74, 6) is 1.41. The number of benzene rings is 2. The van der Waals surface area contributed by atoms with Crippen molar-refractivity contribution in [2.75, 3.05) is 11.9 Å². The van der Waals surface area contributed by atoms with Crippen LogP contribution in [0.1, 0.15) is 110 Å². The molecule has 5 aliphatic heterocycles. The number of nitrogens with zero attached hydrogens (tertiary/aromatic N) is 6. The predicted molar refractivity (Wildman–Crippen MR) is 263 cm³/mol. The van der Waals surface area contributed by atoms with Gasteiger partial charge in [-0.1, -0.05) is 24.3 Å². The number of H-pyrrole nitrogens is 1. The second-order valence-electron chi connectivity index (χ2n) is 20.3. The third-order valence-electron chi connectivity index (χ3n) is 14.4. The molecular formula is C52H63Cl2N9O4. The molecule has 4 N–H and O–H groups in total. The summed E-state index contributed by atoms with van der Waals surface area (Å²) in [6, 6.07) is 19.9. The molecule has 6 aromatic rings. The second-order valence-corrected chi connectivity index (χ2v) is 21.1. The Hall–Kier alpha value is -5.05. The summed E-state index contributed by atoms with van der Waals surface area (Å²) in [7, 11) is 0. The highest BCUT2D eigenvalue weighted by Gasteiger charge is 2.50. The van der Waals surface area contributed by atoms with Crippen LogP contribution in [-0.4, -0.2) is 86.6 Å². The van der Waals surface area contributed by atoms with Crippen LogP contribution in [0.4, 0.5) is 0 Å². The van der Waals surface area contributed by atoms with E-state index in [2.05, 4.69) is 106 Å². The van der Waals surface area contributed by atoms with E-state index >= 15 is 0 Å². The summed E-state index contributed by atoms with van der Waals surface area (Å²) in [6.45, 7) is 12.2. The molecule has 13 nitrogen and oxygen atoms in total. The zero-order valence-corrected chi connectivity index (χ0v) is 40.7. The summed E-state index contributed by atoms with van der Waals surface area (Å²) in [5.41, 5.74) is 9.53. The molecule has 4 aromatic heterocycles. The Labute approximate surface area is 403 Å². The molecule has 9 heterocycles. The first kappa shape index (κ1) is 47.0. The molecule has 0 amide bonds. The van der Waals surface area contributed by atoms with Crippen LogP contribution in [0.3, 0.4) is 0 Å². The first-order valence-electron chi connectivity index (χ1n) is 23.6. The van der Waals surface area contributed by atoms with Crippen molar-refractivity contribution < 1.29 is 19.3 Å². The van der Waals surface area contributed by atoms with Crippen LogP contribution in [0.5, 0.6) is 17.5 Å². The van der Waals surface area contributed by atoms with Gasteiger partial charge in [-0.15, -0.1) is 33.4 Å². The molecule has 354 valence electrons. The number of ether oxygens (including phenoxy) is 3. The Morgan fingerprint density at radius 2 is 1.31 bits per heavy atom. The standard InChI is InChI=1S/C29H36N4O2.C22H25N5O2.CH2Cl2/c1-20-14-21(23-18-31-33(19-23)27-6-4-5-13-34-27)7-9-25(20)22-8-10-26(30-17-22)35-24-15-28(2)11-12-29(3,16-24)32-28;1-21-7-8-22(2,27-21)11-16(10-21)29-20-6-5-18(25-26-20)17-4-3-14(9-19(17)28)15-12-23-24-13-15;2-1-3/h7-10,14,17-19,24,27,32H,4-6,11-13,15-16H2,1-3H3;3-6,9,12-13,16,27-28H,7-8,10-11H2,1-2H3,(H,23,24);1H2/t24?,27?,28-,29+;16?,21-,22+;. The van der Waals surface area contributed by atoms with Crippen LogP contribution in [0.25, 0.3) is 44.6 Å². The summed E-state index contributed by atoms with van der Waals surface area (Å²) in [6.07, 6.45) is 22.1. The lowest BCUT2D eigenvalue weighted by atomic mass is 9.86. The molecule has 5 aliphatic rings. The molecule has 0 radical (unpaired) electrons. The van der Waals surface area contributed by atoms with Crippen LogP contribution in [0.2, 0.25) is 0 Å². The van der Waals surface area contributed by atoms with Gasteiger partial charge in [0.05, 0.1) is 23.4 Å². The number of hydrogen-bond donors (Lipinski definition) is 4. The average molecular weight is 949 g/mol. The minimum absolute atomic E-state index is 0.0652. The minimum atomic E-state index is 0.0652. The number of fused-ring (bicyclic) bond motifs is 4. The summed E-state index contributed by atoms with van der Waals surface area (Å²) in [5, 5.41) is 38.1. The van der Waals surface area contributed by atoms with E-state index in [1.54, 1.807) is 18.5 Å². The molecule has 3 unspecified atom stereocenters. The normalized spacial score (nSPS) is 28.4. The van der Waals surface area contributed by atoms with Gasteiger partial charge >= 0.3 is 0 Å². The van der Waals surface area contributed by atoms with E-state index in [1.165, 1.54) is 48.8 Å². The number of aromatic nitrogens is 7. The van der Waals surface area contributed by atoms with E-state index in [0.717, 1.165) is 73.3 Å². The second kappa shape index (κ2) is 19.5. The lowest BCUT2D eigenvalue weighted by Gasteiger charge is -2.41. The Kier molecular flexibility index (Phi) is 13.7. The van der Waals surface area contributed by atoms with Gasteiger partial charge in [0.25, 0.3) is 0 Å². The van der Waals surface area contributed by atoms with Gasteiger partial charge in [0.2, 0.25) is 11.8 Å². The number of aromatic amines is 1. The number of aryl methyl sites for hydroxylation is 1. The Morgan fingerprint density at radius 3 is 1.85 bits per heavy atom. The molecular weight excluding hydrogens is 886 g/mol. The molecule has 0 spiro atoms. The molecule has 5 saturated heterocycles. The molecule has 0 aliphatic carbocycles. The van der Waals surface area contributed by atoms with Crippen molar-refractivity contribution in [3.63, 3.8) is 0 Å². The first-order valence-corrected chi connectivity index (χ1v) is 24.7. The van der Waals surface area contributed by atoms with Crippen LogP contribution in [0, 0.1) is 6.92 Å². The van der Waals surface area contributed by atoms with Crippen molar-refractivity contribution in [3.05, 3.63) is 97.2 Å². The van der Waals surface area contributed by atoms with E-state index < -0.39 is 0 Å². The van der Waals surface area contributed by atoms with E-state index in [9.17, 15) is 5.11 Å². The number of phenolic OH excluding ortho intramolecular Hbond substituents is 1. The maximum atomic E-state index is 10.5. The van der Waals surface area contributed by atoms with Gasteiger partial charge in [-0.25, -0.2) is 9.67 Å². The number of piperidine rings is 2. The SMILES string of the molecule is C[C@]12CC[C@](C)(CC(Oc3ccc(-c4ccc(-c5cn[nH]c5)cc4O)nn3)C1)N2.Cc1cc(-c2cnn(C3CCCCO3)c2)ccc1-c1ccc(OC2C[C@]3(C)CC[C@](C)(C2)N3)nc1.ClCCl. The Morgan fingerprint density at radius 1 is 0.701 bits per heavy atom. The number of rotatable bonds is 9. The van der Waals surface area contributed by atoms with Gasteiger partial charge in [0.15, 0.2) is 0 Å². The number of aromatic hydroxyl groups is 1. The lowest BCUT2D eigenvalue weighted by Crippen LogP contribution is -2.56. The van der Waals surface area contributed by atoms with Crippen molar-refractivity contribution in [3.8, 4) is 62.1 Å². The van der Waals surface area contributed by atoms with E-state index in [4.69, 9.17) is 37.4 Å². The number of hydrogen-bond acceptors (Lipinski definition) is 11. The number of alkyl halides is 2. The molecule has 15 heteroatoms. The van der Waals surface area contributed by atoms with Crippen molar-refractivity contribution in [2.24, 2.45) is 0 Å². The third kappa shape index (κ3) is 11.0. The van der Waals surface area contributed by atoms with E-state index in [-0.39, 0.29) is 51.7 Å². The maximum Gasteiger partial charge on any atom is 0.233 e. The van der Waals surface area contributed by atoms with Crippen molar-refractivity contribution in [1.82, 2.24) is 45.8 Å². The molecule has 67 heavy (non-hydrogen) atoms. The molecule has 4 bridgehead atoms. The zero-order valence-electron chi connectivity index (χ0n) is 39.2. The quantitative estimate of drug-likeness (QED) is 0.102. The molecule has 0 saturated carbocycles. The molecule has 5 fully saturated rings. The van der Waals surface area contributed by atoms with Gasteiger partial charge in [-0.05, 0) is 126 Å². The van der Waals surface area contributed by atoms with Gasteiger partial charge < -0.3 is 30.0 Å². The highest BCUT2D eigenvalue weighted by atomic mass is 35.5. The largest absolute Gasteiger partial charge is 0.507 e. The minimum Gasteiger partial charge on any atom is -0.507 e. The van der Waals surface area contributed by atoms with E-state index in [0.29, 0.717) is 17.1 Å². The number of phenols is 1. The highest BCUT2D eigenvalue weighted by molar-refractivity contribution is 6.40. The summed E-state index contributed by atoms with van der Waals surface area (Å²) < 4.78 is 20.4. The zero-order chi connectivity index (χ0) is 46.8. The summed E-state index contributed by atoms with van der Waals surface area (Å²) >= 11 is 9.53. The Balaban J connectivity index is 0.000000161. The van der Waals surface area contributed by atoms with Crippen molar-refractivity contribution >= 4 is 23.2 Å². The number of nitrogens with one attached hydrogen (secondary N) is 3. The third-order valence-corrected chi connectivity index (χ3v) is 14.4. The maximum absolute atomic E-state index is 10.5. The smallest absolute Gasteiger partial charge is 0.233 e. The van der Waals surface area contributed by atoms with Crippen LogP contribution >= 0.6 is 23.2 Å². The molecule has 7 atom stereocenters. The Bertz CT molecular complexity index is 2570. The lowest BCUT2D eigenvalue weighted by molar-refractivity contribution is -0.0394. The predicted octanol–water partition coefficient (Wildman–Crippen LogP) is 11.2. The van der Waals surface area contributed by atoms with Crippen molar-refractivity contribution in [1.29, 1.82) is 0 Å². The monoisotopic (exact) mass is 947 g/mol. The van der Waals surface area contributed by atoms with Gasteiger partial charge in [-0.3, -0.25) is 5.10 Å². The first-order chi connectivity index (χ1) is 32.2.